The van der Waals surface area contributed by atoms with Gasteiger partial charge in [-0.3, -0.25) is 4.79 Å². The van der Waals surface area contributed by atoms with Crippen molar-refractivity contribution in [2.45, 2.75) is 23.5 Å². The molecule has 0 aliphatic carbocycles. The maximum Gasteiger partial charge on any atom is 0.246 e. The van der Waals surface area contributed by atoms with Crippen molar-refractivity contribution in [1.82, 2.24) is 4.98 Å². The van der Waals surface area contributed by atoms with Gasteiger partial charge in [0.05, 0.1) is 4.90 Å². The number of rotatable bonds is 5. The second-order valence-electron chi connectivity index (χ2n) is 6.72. The number of nitrogens with one attached hydrogen (secondary N) is 1. The van der Waals surface area contributed by atoms with Crippen LogP contribution >= 0.6 is 15.9 Å². The molecule has 0 aliphatic heterocycles. The Hall–Kier alpha value is -2.51. The molecule has 1 aromatic heterocycles. The molecule has 1 amide bonds. The molecule has 0 bridgehead atoms. The normalized spacial score (nSPS) is 11.8. The van der Waals surface area contributed by atoms with Gasteiger partial charge in [0.15, 0.2) is 9.84 Å². The van der Waals surface area contributed by atoms with Gasteiger partial charge in [-0.2, -0.15) is 0 Å². The molecule has 5 nitrogen and oxygen atoms in total. The van der Waals surface area contributed by atoms with Crippen LogP contribution in [0.4, 0.5) is 5.82 Å². The number of halogens is 1. The van der Waals surface area contributed by atoms with Gasteiger partial charge in [0.25, 0.3) is 0 Å². The number of sulfone groups is 1. The summed E-state index contributed by atoms with van der Waals surface area (Å²) in [5.74, 6) is -0.348. The lowest BCUT2D eigenvalue weighted by Crippen LogP contribution is -2.44. The van der Waals surface area contributed by atoms with E-state index in [0.29, 0.717) is 5.82 Å². The SMILES string of the molecule is CC(C)(C(=O)Nc1ccc(-c2ccccc2)cn1)S(=O)(=O)c1ccc(Br)cc1. The van der Waals surface area contributed by atoms with Gasteiger partial charge in [0.2, 0.25) is 5.91 Å². The van der Waals surface area contributed by atoms with Crippen molar-refractivity contribution < 1.29 is 13.2 Å². The molecule has 2 aromatic carbocycles. The van der Waals surface area contributed by atoms with E-state index in [4.69, 9.17) is 0 Å². The number of amides is 1. The van der Waals surface area contributed by atoms with Crippen molar-refractivity contribution in [3.05, 3.63) is 77.4 Å². The highest BCUT2D eigenvalue weighted by Crippen LogP contribution is 2.28. The van der Waals surface area contributed by atoms with Gasteiger partial charge in [-0.1, -0.05) is 46.3 Å². The van der Waals surface area contributed by atoms with Gasteiger partial charge >= 0.3 is 0 Å². The van der Waals surface area contributed by atoms with Crippen LogP contribution in [0.2, 0.25) is 0 Å². The summed E-state index contributed by atoms with van der Waals surface area (Å²) < 4.78 is 25.0. The van der Waals surface area contributed by atoms with Crippen LogP contribution in [0.3, 0.4) is 0 Å². The van der Waals surface area contributed by atoms with E-state index in [1.54, 1.807) is 24.4 Å². The Morgan fingerprint density at radius 2 is 1.57 bits per heavy atom. The molecule has 0 aliphatic rings. The minimum absolute atomic E-state index is 0.0863. The first kappa shape index (κ1) is 20.2. The van der Waals surface area contributed by atoms with Crippen LogP contribution in [0, 0.1) is 0 Å². The molecule has 0 radical (unpaired) electrons. The zero-order valence-corrected chi connectivity index (χ0v) is 17.8. The van der Waals surface area contributed by atoms with E-state index >= 15 is 0 Å². The highest BCUT2D eigenvalue weighted by atomic mass is 79.9. The molecule has 144 valence electrons. The van der Waals surface area contributed by atoms with Crippen molar-refractivity contribution in [3.8, 4) is 11.1 Å². The summed E-state index contributed by atoms with van der Waals surface area (Å²) >= 11 is 3.28. The number of benzene rings is 2. The molecule has 1 heterocycles. The number of pyridine rings is 1. The van der Waals surface area contributed by atoms with Crippen LogP contribution in [-0.2, 0) is 14.6 Å². The van der Waals surface area contributed by atoms with E-state index in [9.17, 15) is 13.2 Å². The number of hydrogen-bond donors (Lipinski definition) is 1. The Morgan fingerprint density at radius 1 is 0.929 bits per heavy atom. The fourth-order valence-electron chi connectivity index (χ4n) is 2.57. The van der Waals surface area contributed by atoms with Crippen molar-refractivity contribution in [2.24, 2.45) is 0 Å². The average Bonchev–Trinajstić information content (AvgIpc) is 2.69. The summed E-state index contributed by atoms with van der Waals surface area (Å²) in [6.45, 7) is 2.77. The third-order valence-electron chi connectivity index (χ3n) is 4.45. The molecule has 0 saturated heterocycles. The number of carbonyl (C=O) groups excluding carboxylic acids is 1. The van der Waals surface area contributed by atoms with Crippen molar-refractivity contribution >= 4 is 37.5 Å². The molecule has 7 heteroatoms. The van der Waals surface area contributed by atoms with Gasteiger partial charge in [-0.15, -0.1) is 0 Å². The molecule has 1 N–H and O–H groups in total. The second kappa shape index (κ2) is 7.85. The molecule has 28 heavy (non-hydrogen) atoms. The third kappa shape index (κ3) is 4.00. The van der Waals surface area contributed by atoms with E-state index < -0.39 is 20.5 Å². The molecular formula is C21H19BrN2O3S. The molecule has 0 spiro atoms. The molecule has 3 aromatic rings. The Bertz CT molecular complexity index is 1080. The Morgan fingerprint density at radius 3 is 2.14 bits per heavy atom. The monoisotopic (exact) mass is 458 g/mol. The zero-order chi connectivity index (χ0) is 20.4. The van der Waals surface area contributed by atoms with Gasteiger partial charge in [0.1, 0.15) is 10.6 Å². The predicted molar refractivity (Wildman–Crippen MR) is 114 cm³/mol. The fourth-order valence-corrected chi connectivity index (χ4v) is 4.21. The smallest absolute Gasteiger partial charge is 0.246 e. The Kier molecular flexibility index (Phi) is 5.67. The second-order valence-corrected chi connectivity index (χ2v) is 10.1. The minimum Gasteiger partial charge on any atom is -0.309 e. The quantitative estimate of drug-likeness (QED) is 0.600. The number of anilines is 1. The zero-order valence-electron chi connectivity index (χ0n) is 15.4. The Balaban J connectivity index is 1.80. The Labute approximate surface area is 172 Å². The highest BCUT2D eigenvalue weighted by Gasteiger charge is 2.43. The highest BCUT2D eigenvalue weighted by molar-refractivity contribution is 9.10. The van der Waals surface area contributed by atoms with Gasteiger partial charge in [0, 0.05) is 16.2 Å². The summed E-state index contributed by atoms with van der Waals surface area (Å²) in [6, 6.07) is 19.4. The minimum atomic E-state index is -3.89. The third-order valence-corrected chi connectivity index (χ3v) is 7.41. The lowest BCUT2D eigenvalue weighted by Gasteiger charge is -2.23. The number of aromatic nitrogens is 1. The molecular weight excluding hydrogens is 440 g/mol. The van der Waals surface area contributed by atoms with Crippen LogP contribution in [0.15, 0.2) is 82.3 Å². The summed E-state index contributed by atoms with van der Waals surface area (Å²) in [6.07, 6.45) is 1.64. The van der Waals surface area contributed by atoms with Crippen molar-refractivity contribution in [1.29, 1.82) is 0 Å². The molecule has 0 fully saturated rings. The summed E-state index contributed by atoms with van der Waals surface area (Å²) in [5, 5.41) is 2.61. The first-order chi connectivity index (χ1) is 13.2. The van der Waals surface area contributed by atoms with Crippen LogP contribution in [0.1, 0.15) is 13.8 Å². The lowest BCUT2D eigenvalue weighted by molar-refractivity contribution is -0.117. The topological polar surface area (TPSA) is 76.1 Å². The predicted octanol–water partition coefficient (Wildman–Crippen LogP) is 4.70. The molecule has 0 atom stereocenters. The first-order valence-electron chi connectivity index (χ1n) is 8.55. The summed E-state index contributed by atoms with van der Waals surface area (Å²) in [4.78, 5) is 17.1. The first-order valence-corrected chi connectivity index (χ1v) is 10.8. The molecule has 3 rings (SSSR count). The number of hydrogen-bond acceptors (Lipinski definition) is 4. The lowest BCUT2D eigenvalue weighted by atomic mass is 10.1. The van der Waals surface area contributed by atoms with Crippen LogP contribution < -0.4 is 5.32 Å². The maximum absolute atomic E-state index is 12.9. The standard InChI is InChI=1S/C21H19BrN2O3S/c1-21(2,28(26,27)18-11-9-17(22)10-12-18)20(25)24-19-13-8-16(14-23-19)15-6-4-3-5-7-15/h3-14H,1-2H3,(H,23,24,25). The van der Waals surface area contributed by atoms with Crippen LogP contribution in [0.5, 0.6) is 0 Å². The van der Waals surface area contributed by atoms with Crippen molar-refractivity contribution in [2.75, 3.05) is 5.32 Å². The van der Waals surface area contributed by atoms with E-state index in [1.165, 1.54) is 26.0 Å². The van der Waals surface area contributed by atoms with Gasteiger partial charge < -0.3 is 5.32 Å². The summed E-state index contributed by atoms with van der Waals surface area (Å²) in [5.41, 5.74) is 1.91. The van der Waals surface area contributed by atoms with E-state index in [1.807, 2.05) is 36.4 Å². The van der Waals surface area contributed by atoms with E-state index in [0.717, 1.165) is 15.6 Å². The average molecular weight is 459 g/mol. The number of carbonyl (C=O) groups is 1. The van der Waals surface area contributed by atoms with Gasteiger partial charge in [-0.25, -0.2) is 13.4 Å². The molecule has 0 saturated carbocycles. The van der Waals surface area contributed by atoms with Gasteiger partial charge in [-0.05, 0) is 55.8 Å². The van der Waals surface area contributed by atoms with Crippen LogP contribution in [0.25, 0.3) is 11.1 Å². The maximum atomic E-state index is 12.9. The van der Waals surface area contributed by atoms with Crippen LogP contribution in [-0.4, -0.2) is 24.1 Å². The summed E-state index contributed by atoms with van der Waals surface area (Å²) in [7, 11) is -3.89. The van der Waals surface area contributed by atoms with E-state index in [-0.39, 0.29) is 4.90 Å². The van der Waals surface area contributed by atoms with Crippen molar-refractivity contribution in [3.63, 3.8) is 0 Å². The fraction of sp³-hybridized carbons (Fsp3) is 0.143. The van der Waals surface area contributed by atoms with E-state index in [2.05, 4.69) is 26.2 Å². The number of nitrogens with zero attached hydrogens (tertiary/aromatic N) is 1. The largest absolute Gasteiger partial charge is 0.309 e. The molecule has 0 unspecified atom stereocenters.